The third kappa shape index (κ3) is 5.82. The molecule has 0 N–H and O–H groups in total. The number of hydrogen-bond acceptors (Lipinski definition) is 4. The van der Waals surface area contributed by atoms with Gasteiger partial charge in [-0.3, -0.25) is 0 Å². The molecular weight excluding hydrogens is 302 g/mol. The summed E-state index contributed by atoms with van der Waals surface area (Å²) in [6.07, 6.45) is 0. The summed E-state index contributed by atoms with van der Waals surface area (Å²) in [5, 5.41) is 0. The lowest BCUT2D eigenvalue weighted by molar-refractivity contribution is -0.159. The van der Waals surface area contributed by atoms with Crippen molar-refractivity contribution in [2.75, 3.05) is 26.2 Å². The molecule has 0 saturated carbocycles. The molecule has 0 spiro atoms. The third-order valence-electron chi connectivity index (χ3n) is 4.18. The lowest BCUT2D eigenvalue weighted by atomic mass is 10.00. The van der Waals surface area contributed by atoms with Crippen molar-refractivity contribution >= 4 is 5.97 Å². The van der Waals surface area contributed by atoms with Crippen LogP contribution >= 0.6 is 0 Å². The maximum Gasteiger partial charge on any atom is 0.349 e. The van der Waals surface area contributed by atoms with Crippen molar-refractivity contribution < 1.29 is 14.3 Å². The second kappa shape index (κ2) is 9.07. The molecule has 0 aromatic heterocycles. The molecule has 0 aliphatic carbocycles. The van der Waals surface area contributed by atoms with Gasteiger partial charge >= 0.3 is 5.97 Å². The topological polar surface area (TPSA) is 38.8 Å². The summed E-state index contributed by atoms with van der Waals surface area (Å²) in [6, 6.07) is 6.12. The zero-order valence-electron chi connectivity index (χ0n) is 16.3. The minimum atomic E-state index is -1.01. The van der Waals surface area contributed by atoms with Gasteiger partial charge in [0.2, 0.25) is 0 Å². The van der Waals surface area contributed by atoms with Gasteiger partial charge in [-0.2, -0.15) is 0 Å². The first kappa shape index (κ1) is 20.5. The molecule has 4 nitrogen and oxygen atoms in total. The Bertz CT molecular complexity index is 534. The summed E-state index contributed by atoms with van der Waals surface area (Å²) >= 11 is 0. The first-order valence-electron chi connectivity index (χ1n) is 8.90. The van der Waals surface area contributed by atoms with Crippen LogP contribution < -0.4 is 4.74 Å². The molecule has 4 heteroatoms. The monoisotopic (exact) mass is 335 g/mol. The van der Waals surface area contributed by atoms with Gasteiger partial charge in [-0.05, 0) is 57.0 Å². The average molecular weight is 335 g/mol. The van der Waals surface area contributed by atoms with Crippen LogP contribution in [0.4, 0.5) is 0 Å². The average Bonchev–Trinajstić information content (AvgIpc) is 2.50. The maximum absolute atomic E-state index is 12.4. The van der Waals surface area contributed by atoms with Gasteiger partial charge < -0.3 is 14.4 Å². The minimum absolute atomic E-state index is 0.328. The van der Waals surface area contributed by atoms with Crippen molar-refractivity contribution in [1.82, 2.24) is 4.90 Å². The number of esters is 1. The van der Waals surface area contributed by atoms with E-state index in [0.29, 0.717) is 12.5 Å². The molecule has 0 heterocycles. The molecule has 0 fully saturated rings. The Hall–Kier alpha value is -1.55. The molecule has 0 radical (unpaired) electrons. The Balaban J connectivity index is 2.75. The van der Waals surface area contributed by atoms with Crippen LogP contribution in [0.5, 0.6) is 5.75 Å². The molecule has 24 heavy (non-hydrogen) atoms. The van der Waals surface area contributed by atoms with E-state index >= 15 is 0 Å². The van der Waals surface area contributed by atoms with Crippen LogP contribution in [0, 0.1) is 6.92 Å². The van der Waals surface area contributed by atoms with E-state index in [2.05, 4.69) is 44.7 Å². The summed E-state index contributed by atoms with van der Waals surface area (Å²) in [5.41, 5.74) is 1.20. The number of hydrogen-bond donors (Lipinski definition) is 0. The van der Waals surface area contributed by atoms with Gasteiger partial charge in [0.15, 0.2) is 5.60 Å². The molecule has 136 valence electrons. The second-order valence-electron chi connectivity index (χ2n) is 6.97. The van der Waals surface area contributed by atoms with Gasteiger partial charge in [0.05, 0.1) is 0 Å². The van der Waals surface area contributed by atoms with Gasteiger partial charge in [-0.25, -0.2) is 4.79 Å². The molecule has 0 atom stereocenters. The van der Waals surface area contributed by atoms with Gasteiger partial charge in [-0.1, -0.05) is 39.8 Å². The van der Waals surface area contributed by atoms with Crippen LogP contribution in [-0.2, 0) is 9.53 Å². The molecule has 0 bridgehead atoms. The molecule has 0 saturated heterocycles. The van der Waals surface area contributed by atoms with Crippen molar-refractivity contribution in [3.05, 3.63) is 29.3 Å². The van der Waals surface area contributed by atoms with Crippen LogP contribution in [0.1, 0.15) is 58.6 Å². The van der Waals surface area contributed by atoms with Crippen molar-refractivity contribution in [3.63, 3.8) is 0 Å². The van der Waals surface area contributed by atoms with E-state index in [1.807, 2.05) is 13.0 Å². The predicted molar refractivity (Wildman–Crippen MR) is 98.7 cm³/mol. The SMILES string of the molecule is CCN(CC)CCOC(=O)C(C)(C)Oc1cc(C)ccc1C(C)C. The van der Waals surface area contributed by atoms with Gasteiger partial charge in [-0.15, -0.1) is 0 Å². The number of aryl methyl sites for hydroxylation is 1. The van der Waals surface area contributed by atoms with Crippen LogP contribution in [0.15, 0.2) is 18.2 Å². The highest BCUT2D eigenvalue weighted by Gasteiger charge is 2.32. The largest absolute Gasteiger partial charge is 0.476 e. The van der Waals surface area contributed by atoms with Crippen molar-refractivity contribution in [2.24, 2.45) is 0 Å². The Morgan fingerprint density at radius 2 is 1.83 bits per heavy atom. The van der Waals surface area contributed by atoms with Crippen molar-refractivity contribution in [1.29, 1.82) is 0 Å². The van der Waals surface area contributed by atoms with E-state index in [1.165, 1.54) is 0 Å². The summed E-state index contributed by atoms with van der Waals surface area (Å²) in [4.78, 5) is 14.6. The summed E-state index contributed by atoms with van der Waals surface area (Å²) in [7, 11) is 0. The lowest BCUT2D eigenvalue weighted by Gasteiger charge is -2.27. The predicted octanol–water partition coefficient (Wildman–Crippen LogP) is 4.16. The zero-order chi connectivity index (χ0) is 18.3. The second-order valence-corrected chi connectivity index (χ2v) is 6.97. The number of likely N-dealkylation sites (N-methyl/N-ethyl adjacent to an activating group) is 1. The summed E-state index contributed by atoms with van der Waals surface area (Å²) in [5.74, 6) is 0.761. The molecule has 0 amide bonds. The Labute approximate surface area is 147 Å². The quantitative estimate of drug-likeness (QED) is 0.635. The molecule has 1 aromatic carbocycles. The van der Waals surface area contributed by atoms with E-state index in [1.54, 1.807) is 13.8 Å². The van der Waals surface area contributed by atoms with Gasteiger partial charge in [0, 0.05) is 6.54 Å². The number of carbonyl (C=O) groups is 1. The summed E-state index contributed by atoms with van der Waals surface area (Å²) < 4.78 is 11.5. The fourth-order valence-electron chi connectivity index (χ4n) is 2.50. The van der Waals surface area contributed by atoms with Gasteiger partial charge in [0.25, 0.3) is 0 Å². The molecule has 0 aliphatic heterocycles. The Morgan fingerprint density at radius 1 is 1.21 bits per heavy atom. The highest BCUT2D eigenvalue weighted by atomic mass is 16.6. The van der Waals surface area contributed by atoms with E-state index in [0.717, 1.165) is 36.5 Å². The highest BCUT2D eigenvalue weighted by Crippen LogP contribution is 2.30. The van der Waals surface area contributed by atoms with Crippen LogP contribution in [0.25, 0.3) is 0 Å². The van der Waals surface area contributed by atoms with E-state index < -0.39 is 5.60 Å². The van der Waals surface area contributed by atoms with Crippen LogP contribution in [-0.4, -0.2) is 42.7 Å². The number of rotatable bonds is 9. The number of carbonyl (C=O) groups excluding carboxylic acids is 1. The lowest BCUT2D eigenvalue weighted by Crippen LogP contribution is -2.41. The molecule has 1 rings (SSSR count). The molecule has 0 unspecified atom stereocenters. The zero-order valence-corrected chi connectivity index (χ0v) is 16.3. The first-order chi connectivity index (χ1) is 11.2. The van der Waals surface area contributed by atoms with E-state index in [-0.39, 0.29) is 5.97 Å². The minimum Gasteiger partial charge on any atom is -0.476 e. The van der Waals surface area contributed by atoms with Gasteiger partial charge in [0.1, 0.15) is 12.4 Å². The Kier molecular flexibility index (Phi) is 7.74. The van der Waals surface area contributed by atoms with Crippen molar-refractivity contribution in [3.8, 4) is 5.75 Å². The Morgan fingerprint density at radius 3 is 2.38 bits per heavy atom. The standard InChI is InChI=1S/C20H33NO3/c1-8-21(9-2)12-13-23-19(22)20(6,7)24-18-14-16(5)10-11-17(18)15(3)4/h10-11,14-15H,8-9,12-13H2,1-7H3. The number of nitrogens with zero attached hydrogens (tertiary/aromatic N) is 1. The fraction of sp³-hybridized carbons (Fsp3) is 0.650. The molecular formula is C20H33NO3. The third-order valence-corrected chi connectivity index (χ3v) is 4.18. The molecule has 0 aliphatic rings. The first-order valence-corrected chi connectivity index (χ1v) is 8.90. The van der Waals surface area contributed by atoms with Crippen LogP contribution in [0.2, 0.25) is 0 Å². The van der Waals surface area contributed by atoms with E-state index in [9.17, 15) is 4.79 Å². The van der Waals surface area contributed by atoms with Crippen LogP contribution in [0.3, 0.4) is 0 Å². The molecule has 1 aromatic rings. The highest BCUT2D eigenvalue weighted by molar-refractivity contribution is 5.79. The van der Waals surface area contributed by atoms with Crippen molar-refractivity contribution in [2.45, 2.75) is 60.0 Å². The number of benzene rings is 1. The maximum atomic E-state index is 12.4. The van der Waals surface area contributed by atoms with E-state index in [4.69, 9.17) is 9.47 Å². The summed E-state index contributed by atoms with van der Waals surface area (Å²) in [6.45, 7) is 17.0. The smallest absolute Gasteiger partial charge is 0.349 e. The fourth-order valence-corrected chi connectivity index (χ4v) is 2.50. The normalized spacial score (nSPS) is 11.9. The number of ether oxygens (including phenoxy) is 2.